The van der Waals surface area contributed by atoms with Gasteiger partial charge >= 0.3 is 0 Å². The van der Waals surface area contributed by atoms with Gasteiger partial charge in [0, 0.05) is 25.8 Å². The maximum Gasteiger partial charge on any atom is 0.224 e. The van der Waals surface area contributed by atoms with E-state index in [0.717, 1.165) is 43.9 Å². The van der Waals surface area contributed by atoms with Crippen LogP contribution in [0.2, 0.25) is 0 Å². The molecule has 4 rings (SSSR count). The number of hydrogen-bond acceptors (Lipinski definition) is 3. The zero-order valence-electron chi connectivity index (χ0n) is 16.6. The minimum Gasteiger partial charge on any atom is -0.357 e. The molecule has 1 aliphatic heterocycles. The van der Waals surface area contributed by atoms with E-state index in [2.05, 4.69) is 45.5 Å². The van der Waals surface area contributed by atoms with E-state index in [9.17, 15) is 4.79 Å². The van der Waals surface area contributed by atoms with E-state index in [1.807, 2.05) is 48.7 Å². The molecule has 29 heavy (non-hydrogen) atoms. The molecule has 148 valence electrons. The number of piperidine rings is 1. The SMILES string of the molecule is O=C(Cc1ccc(-c2ccccc2)cc1)NCC1CCN(c2ccccn2)CC1. The lowest BCUT2D eigenvalue weighted by Crippen LogP contribution is -2.39. The average Bonchev–Trinajstić information content (AvgIpc) is 2.80. The molecule has 1 N–H and O–H groups in total. The van der Waals surface area contributed by atoms with Crippen molar-refractivity contribution >= 4 is 11.7 Å². The molecule has 0 bridgehead atoms. The van der Waals surface area contributed by atoms with Gasteiger partial charge in [0.1, 0.15) is 5.82 Å². The maximum atomic E-state index is 12.4. The maximum absolute atomic E-state index is 12.4. The smallest absolute Gasteiger partial charge is 0.224 e. The van der Waals surface area contributed by atoms with Crippen molar-refractivity contribution in [2.45, 2.75) is 19.3 Å². The quantitative estimate of drug-likeness (QED) is 0.687. The molecule has 0 saturated carbocycles. The molecule has 1 amide bonds. The molecule has 1 aliphatic rings. The van der Waals surface area contributed by atoms with Crippen LogP contribution in [-0.4, -0.2) is 30.5 Å². The van der Waals surface area contributed by atoms with Crippen molar-refractivity contribution in [2.24, 2.45) is 5.92 Å². The van der Waals surface area contributed by atoms with Gasteiger partial charge in [0.05, 0.1) is 6.42 Å². The number of carbonyl (C=O) groups is 1. The zero-order valence-corrected chi connectivity index (χ0v) is 16.6. The van der Waals surface area contributed by atoms with Crippen LogP contribution in [0.25, 0.3) is 11.1 Å². The largest absolute Gasteiger partial charge is 0.357 e. The summed E-state index contributed by atoms with van der Waals surface area (Å²) in [5, 5.41) is 3.13. The first-order valence-electron chi connectivity index (χ1n) is 10.3. The van der Waals surface area contributed by atoms with E-state index in [4.69, 9.17) is 0 Å². The first-order chi connectivity index (χ1) is 14.3. The van der Waals surface area contributed by atoms with Gasteiger partial charge in [-0.05, 0) is 47.6 Å². The Balaban J connectivity index is 1.21. The first-order valence-corrected chi connectivity index (χ1v) is 10.3. The Morgan fingerprint density at radius 3 is 2.28 bits per heavy atom. The van der Waals surface area contributed by atoms with Gasteiger partial charge in [-0.25, -0.2) is 4.98 Å². The van der Waals surface area contributed by atoms with Gasteiger partial charge in [-0.15, -0.1) is 0 Å². The fourth-order valence-corrected chi connectivity index (χ4v) is 3.86. The summed E-state index contributed by atoms with van der Waals surface area (Å²) in [6.45, 7) is 2.76. The summed E-state index contributed by atoms with van der Waals surface area (Å²) in [4.78, 5) is 19.1. The highest BCUT2D eigenvalue weighted by Gasteiger charge is 2.20. The van der Waals surface area contributed by atoms with Crippen LogP contribution in [0.4, 0.5) is 5.82 Å². The normalized spacial score (nSPS) is 14.6. The summed E-state index contributed by atoms with van der Waals surface area (Å²) in [6.07, 6.45) is 4.45. The standard InChI is InChI=1S/C25H27N3O/c29-25(18-20-9-11-23(12-10-20)22-6-2-1-3-7-22)27-19-21-13-16-28(17-14-21)24-8-4-5-15-26-24/h1-12,15,21H,13-14,16-19H2,(H,27,29). The third-order valence-corrected chi connectivity index (χ3v) is 5.60. The Morgan fingerprint density at radius 2 is 1.59 bits per heavy atom. The number of amides is 1. The van der Waals surface area contributed by atoms with Crippen molar-refractivity contribution < 1.29 is 4.79 Å². The average molecular weight is 386 g/mol. The molecule has 0 radical (unpaired) electrons. The van der Waals surface area contributed by atoms with Crippen LogP contribution < -0.4 is 10.2 Å². The third-order valence-electron chi connectivity index (χ3n) is 5.60. The summed E-state index contributed by atoms with van der Waals surface area (Å²) in [5.74, 6) is 1.69. The number of pyridine rings is 1. The molecule has 2 aromatic carbocycles. The Bertz CT molecular complexity index is 902. The Hall–Kier alpha value is -3.14. The van der Waals surface area contributed by atoms with Crippen molar-refractivity contribution in [1.29, 1.82) is 0 Å². The second-order valence-electron chi connectivity index (χ2n) is 7.66. The van der Waals surface area contributed by atoms with Gasteiger partial charge < -0.3 is 10.2 Å². The predicted octanol–water partition coefficient (Wildman–Crippen LogP) is 4.32. The molecule has 0 spiro atoms. The molecule has 1 fully saturated rings. The Morgan fingerprint density at radius 1 is 0.897 bits per heavy atom. The second kappa shape index (κ2) is 9.37. The van der Waals surface area contributed by atoms with Gasteiger partial charge in [-0.3, -0.25) is 4.79 Å². The van der Waals surface area contributed by atoms with Gasteiger partial charge in [0.2, 0.25) is 5.91 Å². The predicted molar refractivity (Wildman–Crippen MR) is 118 cm³/mol. The monoisotopic (exact) mass is 385 g/mol. The molecule has 4 heteroatoms. The summed E-state index contributed by atoms with van der Waals surface area (Å²) in [5.41, 5.74) is 3.42. The lowest BCUT2D eigenvalue weighted by Gasteiger charge is -2.32. The van der Waals surface area contributed by atoms with Gasteiger partial charge in [0.15, 0.2) is 0 Å². The highest BCUT2D eigenvalue weighted by atomic mass is 16.1. The summed E-state index contributed by atoms with van der Waals surface area (Å²) in [7, 11) is 0. The van der Waals surface area contributed by atoms with Crippen LogP contribution in [0.15, 0.2) is 79.0 Å². The number of anilines is 1. The molecule has 0 atom stereocenters. The number of rotatable bonds is 6. The highest BCUT2D eigenvalue weighted by molar-refractivity contribution is 5.78. The lowest BCUT2D eigenvalue weighted by molar-refractivity contribution is -0.120. The van der Waals surface area contributed by atoms with Crippen LogP contribution in [0.5, 0.6) is 0 Å². The highest BCUT2D eigenvalue weighted by Crippen LogP contribution is 2.21. The summed E-state index contributed by atoms with van der Waals surface area (Å²) >= 11 is 0. The number of nitrogens with zero attached hydrogens (tertiary/aromatic N) is 2. The number of nitrogens with one attached hydrogen (secondary N) is 1. The molecule has 2 heterocycles. The molecule has 1 saturated heterocycles. The number of aromatic nitrogens is 1. The minimum atomic E-state index is 0.101. The summed E-state index contributed by atoms with van der Waals surface area (Å²) < 4.78 is 0. The molecule has 3 aromatic rings. The van der Waals surface area contributed by atoms with Crippen molar-refractivity contribution in [2.75, 3.05) is 24.5 Å². The van der Waals surface area contributed by atoms with Crippen LogP contribution in [0, 0.1) is 5.92 Å². The Labute approximate surface area is 172 Å². The van der Waals surface area contributed by atoms with Gasteiger partial charge in [-0.1, -0.05) is 60.7 Å². The topological polar surface area (TPSA) is 45.2 Å². The molecule has 1 aromatic heterocycles. The minimum absolute atomic E-state index is 0.101. The molecule has 0 aliphatic carbocycles. The number of carbonyl (C=O) groups excluding carboxylic acids is 1. The third kappa shape index (κ3) is 5.23. The van der Waals surface area contributed by atoms with Crippen molar-refractivity contribution in [3.63, 3.8) is 0 Å². The van der Waals surface area contributed by atoms with Crippen molar-refractivity contribution in [1.82, 2.24) is 10.3 Å². The van der Waals surface area contributed by atoms with Gasteiger partial charge in [0.25, 0.3) is 0 Å². The van der Waals surface area contributed by atoms with Crippen LogP contribution in [-0.2, 0) is 11.2 Å². The van der Waals surface area contributed by atoms with Crippen molar-refractivity contribution in [3.05, 3.63) is 84.6 Å². The van der Waals surface area contributed by atoms with E-state index in [1.54, 1.807) is 0 Å². The van der Waals surface area contributed by atoms with Crippen LogP contribution >= 0.6 is 0 Å². The molecule has 0 unspecified atom stereocenters. The number of benzene rings is 2. The zero-order chi connectivity index (χ0) is 19.9. The summed E-state index contributed by atoms with van der Waals surface area (Å²) in [6, 6.07) is 24.6. The van der Waals surface area contributed by atoms with E-state index in [0.29, 0.717) is 12.3 Å². The molecular weight excluding hydrogens is 358 g/mol. The molecular formula is C25H27N3O. The number of hydrogen-bond donors (Lipinski definition) is 1. The van der Waals surface area contributed by atoms with Crippen LogP contribution in [0.3, 0.4) is 0 Å². The van der Waals surface area contributed by atoms with Crippen molar-refractivity contribution in [3.8, 4) is 11.1 Å². The second-order valence-corrected chi connectivity index (χ2v) is 7.66. The Kier molecular flexibility index (Phi) is 6.20. The fraction of sp³-hybridized carbons (Fsp3) is 0.280. The lowest BCUT2D eigenvalue weighted by atomic mass is 9.96. The first kappa shape index (κ1) is 19.2. The van der Waals surface area contributed by atoms with Crippen LogP contribution in [0.1, 0.15) is 18.4 Å². The van der Waals surface area contributed by atoms with E-state index >= 15 is 0 Å². The van der Waals surface area contributed by atoms with Gasteiger partial charge in [-0.2, -0.15) is 0 Å². The van der Waals surface area contributed by atoms with E-state index in [-0.39, 0.29) is 5.91 Å². The molecule has 4 nitrogen and oxygen atoms in total. The van der Waals surface area contributed by atoms with E-state index in [1.165, 1.54) is 11.1 Å². The fourth-order valence-electron chi connectivity index (χ4n) is 3.86. The van der Waals surface area contributed by atoms with E-state index < -0.39 is 0 Å².